The summed E-state index contributed by atoms with van der Waals surface area (Å²) in [5.41, 5.74) is 3.48. The Bertz CT molecular complexity index is 2980. The normalized spacial score (nSPS) is 10.6. The molecule has 3 amide bonds. The minimum Gasteiger partial charge on any atom is -0.504 e. The SMILES string of the molecule is CCC(=O)Nc1cc(O)c(NC(=O)c2ccccc2)nc1Sc1ccc(C(=O)N(C)C)cc1C(=O)OC.COC(=O)Oc1[nH]c(-c2ccc(NS(C)(=O)=O)cc2)c(C#N)c1-c1ccc(Cl)cc1. The number of nitriles is 1. The number of carbonyl (C=O) groups excluding carboxylic acids is 5. The zero-order chi connectivity index (χ0) is 49.0. The maximum Gasteiger partial charge on any atom is 0.514 e. The van der Waals surface area contributed by atoms with Crippen LogP contribution in [0.5, 0.6) is 11.6 Å². The Labute approximate surface area is 394 Å². The van der Waals surface area contributed by atoms with Crippen LogP contribution in [0.15, 0.2) is 113 Å². The molecule has 6 aromatic rings. The summed E-state index contributed by atoms with van der Waals surface area (Å²) in [6.45, 7) is 1.67. The summed E-state index contributed by atoms with van der Waals surface area (Å²) in [5.74, 6) is -2.26. The molecule has 2 heterocycles. The van der Waals surface area contributed by atoms with E-state index in [1.165, 1.54) is 31.3 Å². The van der Waals surface area contributed by atoms with Crippen LogP contribution in [0.3, 0.4) is 0 Å². The zero-order valence-corrected chi connectivity index (χ0v) is 39.0. The third-order valence-corrected chi connectivity index (χ3v) is 11.1. The zero-order valence-electron chi connectivity index (χ0n) is 36.6. The third-order valence-electron chi connectivity index (χ3n) is 9.11. The van der Waals surface area contributed by atoms with Crippen molar-refractivity contribution in [2.45, 2.75) is 23.3 Å². The fourth-order valence-electron chi connectivity index (χ4n) is 5.95. The summed E-state index contributed by atoms with van der Waals surface area (Å²) in [6.07, 6.45) is 0.274. The maximum absolute atomic E-state index is 12.6. The molecule has 6 rings (SSSR count). The molecule has 0 bridgehead atoms. The Morgan fingerprint density at radius 2 is 1.54 bits per heavy atom. The highest BCUT2D eigenvalue weighted by Gasteiger charge is 2.25. The Morgan fingerprint density at radius 1 is 0.881 bits per heavy atom. The summed E-state index contributed by atoms with van der Waals surface area (Å²) < 4.78 is 39.8. The first-order valence-corrected chi connectivity index (χ1v) is 22.7. The van der Waals surface area contributed by atoms with Crippen LogP contribution in [-0.2, 0) is 24.3 Å². The lowest BCUT2D eigenvalue weighted by Gasteiger charge is -2.16. The number of nitrogens with zero attached hydrogens (tertiary/aromatic N) is 3. The number of aromatic amines is 1. The van der Waals surface area contributed by atoms with Crippen molar-refractivity contribution in [3.63, 3.8) is 0 Å². The van der Waals surface area contributed by atoms with Gasteiger partial charge in [-0.25, -0.2) is 23.0 Å². The number of benzene rings is 4. The second-order valence-corrected chi connectivity index (χ2v) is 17.4. The predicted molar refractivity (Wildman–Crippen MR) is 252 cm³/mol. The van der Waals surface area contributed by atoms with Crippen LogP contribution in [0.2, 0.25) is 5.02 Å². The number of halogens is 1. The van der Waals surface area contributed by atoms with Crippen LogP contribution in [0.1, 0.15) is 50.0 Å². The van der Waals surface area contributed by atoms with Gasteiger partial charge in [0.05, 0.1) is 48.5 Å². The molecule has 0 unspecified atom stereocenters. The van der Waals surface area contributed by atoms with Gasteiger partial charge in [-0.3, -0.25) is 19.1 Å². The van der Waals surface area contributed by atoms with Crippen LogP contribution in [0, 0.1) is 11.3 Å². The lowest BCUT2D eigenvalue weighted by Crippen LogP contribution is -2.22. The van der Waals surface area contributed by atoms with Crippen molar-refractivity contribution < 1.29 is 51.7 Å². The number of carbonyl (C=O) groups is 5. The van der Waals surface area contributed by atoms with Crippen molar-refractivity contribution in [3.8, 4) is 40.1 Å². The van der Waals surface area contributed by atoms with E-state index in [0.717, 1.165) is 18.0 Å². The number of amides is 3. The lowest BCUT2D eigenvalue weighted by atomic mass is 10.0. The smallest absolute Gasteiger partial charge is 0.504 e. The number of hydrogen-bond acceptors (Lipinski definition) is 14. The van der Waals surface area contributed by atoms with Crippen LogP contribution in [0.25, 0.3) is 22.4 Å². The summed E-state index contributed by atoms with van der Waals surface area (Å²) in [6, 6.07) is 29.4. The van der Waals surface area contributed by atoms with E-state index in [9.17, 15) is 42.8 Å². The van der Waals surface area contributed by atoms with Gasteiger partial charge in [-0.2, -0.15) is 5.26 Å². The molecule has 2 aromatic heterocycles. The van der Waals surface area contributed by atoms with E-state index >= 15 is 0 Å². The molecule has 0 fully saturated rings. The van der Waals surface area contributed by atoms with Gasteiger partial charge in [0.1, 0.15) is 11.1 Å². The van der Waals surface area contributed by atoms with Crippen LogP contribution in [-0.4, -0.2) is 92.8 Å². The highest BCUT2D eigenvalue weighted by Crippen LogP contribution is 2.41. The second kappa shape index (κ2) is 22.4. The van der Waals surface area contributed by atoms with Gasteiger partial charge in [0, 0.05) is 53.3 Å². The maximum atomic E-state index is 12.6. The number of sulfonamides is 1. The molecule has 0 saturated heterocycles. The lowest BCUT2D eigenvalue weighted by molar-refractivity contribution is -0.115. The number of hydrogen-bond donors (Lipinski definition) is 5. The average Bonchev–Trinajstić information content (AvgIpc) is 3.67. The van der Waals surface area contributed by atoms with Crippen LogP contribution >= 0.6 is 23.4 Å². The molecule has 21 heteroatoms. The quantitative estimate of drug-likeness (QED) is 0.0681. The first-order valence-electron chi connectivity index (χ1n) is 19.6. The average molecular weight is 968 g/mol. The van der Waals surface area contributed by atoms with Crippen LogP contribution < -0.4 is 20.1 Å². The molecule has 0 spiro atoms. The molecule has 0 aliphatic rings. The monoisotopic (exact) mass is 967 g/mol. The van der Waals surface area contributed by atoms with Gasteiger partial charge in [0.25, 0.3) is 11.8 Å². The highest BCUT2D eigenvalue weighted by molar-refractivity contribution is 7.99. The second-order valence-electron chi connectivity index (χ2n) is 14.1. The number of aromatic hydroxyl groups is 1. The number of pyridine rings is 1. The van der Waals surface area contributed by atoms with Crippen molar-refractivity contribution in [1.82, 2.24) is 14.9 Å². The summed E-state index contributed by atoms with van der Waals surface area (Å²) in [4.78, 5) is 70.6. The van der Waals surface area contributed by atoms with E-state index in [2.05, 4.69) is 36.1 Å². The minimum absolute atomic E-state index is 0.0362. The van der Waals surface area contributed by atoms with Gasteiger partial charge in [-0.1, -0.05) is 72.8 Å². The highest BCUT2D eigenvalue weighted by atomic mass is 35.5. The summed E-state index contributed by atoms with van der Waals surface area (Å²) in [5, 5.41) is 26.3. The molecular formula is C46H42ClN7O11S2. The van der Waals surface area contributed by atoms with Crippen molar-refractivity contribution >= 4 is 80.4 Å². The summed E-state index contributed by atoms with van der Waals surface area (Å²) >= 11 is 6.95. The van der Waals surface area contributed by atoms with Crippen molar-refractivity contribution in [2.75, 3.05) is 49.9 Å². The molecule has 18 nitrogen and oxygen atoms in total. The molecule has 346 valence electrons. The predicted octanol–water partition coefficient (Wildman–Crippen LogP) is 8.42. The number of esters is 1. The van der Waals surface area contributed by atoms with E-state index in [4.69, 9.17) is 21.1 Å². The molecule has 0 atom stereocenters. The molecule has 0 aliphatic heterocycles. The molecule has 0 aliphatic carbocycles. The fraction of sp³-hybridized carbons (Fsp3) is 0.152. The first kappa shape index (κ1) is 50.1. The number of H-pyrrole nitrogens is 1. The van der Waals surface area contributed by atoms with Gasteiger partial charge in [-0.15, -0.1) is 0 Å². The minimum atomic E-state index is -3.42. The summed E-state index contributed by atoms with van der Waals surface area (Å²) in [7, 11) is 2.17. The van der Waals surface area contributed by atoms with Gasteiger partial charge in [-0.05, 0) is 65.7 Å². The van der Waals surface area contributed by atoms with Gasteiger partial charge < -0.3 is 39.8 Å². The van der Waals surface area contributed by atoms with Gasteiger partial charge in [0.2, 0.25) is 21.8 Å². The molecule has 0 saturated carbocycles. The largest absolute Gasteiger partial charge is 0.514 e. The van der Waals surface area contributed by atoms with Crippen molar-refractivity contribution in [2.24, 2.45) is 0 Å². The van der Waals surface area contributed by atoms with Gasteiger partial charge >= 0.3 is 12.1 Å². The third kappa shape index (κ3) is 13.1. The fourth-order valence-corrected chi connectivity index (χ4v) is 7.60. The molecule has 5 N–H and O–H groups in total. The van der Waals surface area contributed by atoms with E-state index in [-0.39, 0.29) is 63.1 Å². The first-order chi connectivity index (χ1) is 31.9. The number of methoxy groups -OCH3 is 2. The molecule has 67 heavy (non-hydrogen) atoms. The standard InChI is InChI=1S/C26H26N4O6S.C20H16ClN3O5S/c1-5-21(32)27-18-14-19(31)22(28-23(33)15-9-7-6-8-10-15)29-24(18)37-20-12-11-16(25(34)30(2)3)13-17(20)26(35)36-4;1-28-20(25)29-19-17(12-3-7-14(21)8-4-12)16(11-22)18(23-19)13-5-9-15(10-6-13)24-30(2,26)27/h6-14,31H,5H2,1-4H3,(H,27,32)(H,28,29,33);3-10,23-24H,1-2H3. The Hall–Kier alpha value is -7.86. The Morgan fingerprint density at radius 3 is 2.12 bits per heavy atom. The van der Waals surface area contributed by atoms with E-state index in [1.807, 2.05) is 0 Å². The number of anilines is 3. The molecule has 0 radical (unpaired) electrons. The van der Waals surface area contributed by atoms with E-state index < -0.39 is 28.1 Å². The van der Waals surface area contributed by atoms with Crippen LogP contribution in [0.4, 0.5) is 22.0 Å². The van der Waals surface area contributed by atoms with Crippen molar-refractivity contribution in [3.05, 3.63) is 130 Å². The number of rotatable bonds is 13. The van der Waals surface area contributed by atoms with Crippen molar-refractivity contribution in [1.29, 1.82) is 5.26 Å². The molecular weight excluding hydrogens is 926 g/mol. The van der Waals surface area contributed by atoms with E-state index in [1.54, 1.807) is 112 Å². The molecule has 4 aromatic carbocycles. The van der Waals surface area contributed by atoms with E-state index in [0.29, 0.717) is 43.6 Å². The Kier molecular flexibility index (Phi) is 16.7. The number of aromatic nitrogens is 2. The Balaban J connectivity index is 0.000000256. The van der Waals surface area contributed by atoms with Gasteiger partial charge in [0.15, 0.2) is 11.6 Å². The topological polar surface area (TPSA) is 259 Å². The number of ether oxygens (including phenoxy) is 3. The number of nitrogens with one attached hydrogen (secondary N) is 4.